The topological polar surface area (TPSA) is 94.4 Å². The Kier molecular flexibility index (Phi) is 5.19. The van der Waals surface area contributed by atoms with Crippen LogP contribution in [0, 0.1) is 17.8 Å². The molecule has 0 radical (unpaired) electrons. The van der Waals surface area contributed by atoms with Crippen molar-refractivity contribution in [1.29, 1.82) is 0 Å². The van der Waals surface area contributed by atoms with E-state index < -0.39 is 0 Å². The van der Waals surface area contributed by atoms with Gasteiger partial charge in [0.25, 0.3) is 0 Å². The molecule has 152 valence electrons. The zero-order valence-electron chi connectivity index (χ0n) is 15.9. The molecule has 2 bridgehead atoms. The Labute approximate surface area is 174 Å². The lowest BCUT2D eigenvalue weighted by molar-refractivity contribution is -0.121. The van der Waals surface area contributed by atoms with Gasteiger partial charge in [-0.3, -0.25) is 9.20 Å². The summed E-state index contributed by atoms with van der Waals surface area (Å²) in [4.78, 5) is 25.3. The molecule has 4 unspecified atom stereocenters. The number of nitrogens with one attached hydrogen (secondary N) is 1. The number of hydrogen-bond donors (Lipinski definition) is 2. The second-order valence-corrected chi connectivity index (χ2v) is 8.00. The summed E-state index contributed by atoms with van der Waals surface area (Å²) in [6.45, 7) is 0.345. The van der Waals surface area contributed by atoms with Gasteiger partial charge in [-0.2, -0.15) is 0 Å². The number of aromatic nitrogens is 3. The molecule has 8 heteroatoms. The molecule has 2 saturated carbocycles. The normalized spacial score (nSPS) is 25.1. The minimum atomic E-state index is -0.182. The zero-order chi connectivity index (χ0) is 19.3. The molecule has 2 aliphatic carbocycles. The molecule has 3 N–H and O–H groups in total. The second kappa shape index (κ2) is 7.65. The highest BCUT2D eigenvalue weighted by molar-refractivity contribution is 5.93. The van der Waals surface area contributed by atoms with Crippen LogP contribution in [0.2, 0.25) is 0 Å². The average Bonchev–Trinajstić information content (AvgIpc) is 3.36. The molecule has 2 aliphatic rings. The minimum Gasteiger partial charge on any atom is -0.327 e. The summed E-state index contributed by atoms with van der Waals surface area (Å²) < 4.78 is 2.95. The van der Waals surface area contributed by atoms with Crippen molar-refractivity contribution in [2.45, 2.75) is 31.8 Å². The first-order valence-electron chi connectivity index (χ1n) is 9.80. The van der Waals surface area contributed by atoms with Crippen LogP contribution in [-0.2, 0) is 11.3 Å². The number of carbonyl (C=O) groups is 1. The van der Waals surface area contributed by atoms with Gasteiger partial charge in [-0.1, -0.05) is 18.2 Å². The maximum atomic E-state index is 12.8. The summed E-state index contributed by atoms with van der Waals surface area (Å²) in [6, 6.07) is 13.0. The van der Waals surface area contributed by atoms with Crippen LogP contribution in [0.4, 0.5) is 5.69 Å². The van der Waals surface area contributed by atoms with Crippen LogP contribution in [0.15, 0.2) is 53.5 Å². The third kappa shape index (κ3) is 3.45. The Morgan fingerprint density at radius 2 is 2.00 bits per heavy atom. The van der Waals surface area contributed by atoms with Crippen molar-refractivity contribution in [3.05, 3.63) is 64.7 Å². The predicted octanol–water partition coefficient (Wildman–Crippen LogP) is 2.28. The maximum Gasteiger partial charge on any atom is 0.350 e. The van der Waals surface area contributed by atoms with Gasteiger partial charge >= 0.3 is 5.69 Å². The van der Waals surface area contributed by atoms with Gasteiger partial charge < -0.3 is 11.1 Å². The van der Waals surface area contributed by atoms with Crippen LogP contribution in [0.1, 0.15) is 24.8 Å². The molecule has 3 aromatic rings. The molecule has 2 fully saturated rings. The summed E-state index contributed by atoms with van der Waals surface area (Å²) in [5, 5.41) is 7.39. The van der Waals surface area contributed by atoms with E-state index in [0.717, 1.165) is 30.5 Å². The number of nitrogens with zero attached hydrogens (tertiary/aromatic N) is 3. The Balaban J connectivity index is 0.00000205. The number of fused-ring (bicyclic) bond motifs is 3. The SMILES string of the molecule is Cl.NC1C2CCC(C2)C1C(=O)Nc1cccc(Cn2nc3ccccn3c2=O)c1. The quantitative estimate of drug-likeness (QED) is 0.686. The van der Waals surface area contributed by atoms with Crippen molar-refractivity contribution in [2.75, 3.05) is 5.32 Å². The molecule has 2 aromatic heterocycles. The lowest BCUT2D eigenvalue weighted by Gasteiger charge is -2.27. The number of amides is 1. The van der Waals surface area contributed by atoms with Crippen LogP contribution in [0.3, 0.4) is 0 Å². The molecule has 2 heterocycles. The largest absolute Gasteiger partial charge is 0.350 e. The zero-order valence-corrected chi connectivity index (χ0v) is 16.7. The van der Waals surface area contributed by atoms with Gasteiger partial charge in [0, 0.05) is 17.9 Å². The Morgan fingerprint density at radius 3 is 2.76 bits per heavy atom. The highest BCUT2D eigenvalue weighted by atomic mass is 35.5. The van der Waals surface area contributed by atoms with Crippen LogP contribution in [0.5, 0.6) is 0 Å². The van der Waals surface area contributed by atoms with E-state index in [4.69, 9.17) is 5.73 Å². The number of rotatable bonds is 4. The van der Waals surface area contributed by atoms with Crippen LogP contribution in [0.25, 0.3) is 5.65 Å². The van der Waals surface area contributed by atoms with Crippen molar-refractivity contribution in [2.24, 2.45) is 23.5 Å². The highest BCUT2D eigenvalue weighted by Crippen LogP contribution is 2.47. The highest BCUT2D eigenvalue weighted by Gasteiger charge is 2.49. The van der Waals surface area contributed by atoms with Gasteiger partial charge in [-0.15, -0.1) is 17.5 Å². The number of nitrogens with two attached hydrogens (primary N) is 1. The van der Waals surface area contributed by atoms with Gasteiger partial charge in [-0.25, -0.2) is 9.48 Å². The van der Waals surface area contributed by atoms with E-state index in [-0.39, 0.29) is 36.0 Å². The standard InChI is InChI=1S/C21H23N5O2.ClH/c22-19-15-8-7-14(11-15)18(19)20(27)23-16-5-3-4-13(10-16)12-26-21(28)25-9-2-1-6-17(25)24-26;/h1-6,9-10,14-15,18-19H,7-8,11-12,22H2,(H,23,27);1H. The molecule has 1 aromatic carbocycles. The molecule has 1 amide bonds. The number of hydrogen-bond acceptors (Lipinski definition) is 4. The average molecular weight is 414 g/mol. The lowest BCUT2D eigenvalue weighted by atomic mass is 9.84. The lowest BCUT2D eigenvalue weighted by Crippen LogP contribution is -2.42. The Morgan fingerprint density at radius 1 is 1.17 bits per heavy atom. The molecule has 4 atom stereocenters. The van der Waals surface area contributed by atoms with Crippen molar-refractivity contribution >= 4 is 29.6 Å². The molecular formula is C21H24ClN5O2. The summed E-state index contributed by atoms with van der Waals surface area (Å²) in [6.07, 6.45) is 5.04. The number of benzene rings is 1. The van der Waals surface area contributed by atoms with Crippen molar-refractivity contribution in [1.82, 2.24) is 14.2 Å². The molecule has 0 aliphatic heterocycles. The van der Waals surface area contributed by atoms with E-state index in [0.29, 0.717) is 24.0 Å². The van der Waals surface area contributed by atoms with Gasteiger partial charge in [0.05, 0.1) is 12.5 Å². The fraction of sp³-hybridized carbons (Fsp3) is 0.381. The van der Waals surface area contributed by atoms with E-state index in [1.807, 2.05) is 30.3 Å². The third-order valence-corrected chi connectivity index (χ3v) is 6.30. The second-order valence-electron chi connectivity index (χ2n) is 8.00. The smallest absolute Gasteiger partial charge is 0.327 e. The summed E-state index contributed by atoms with van der Waals surface area (Å²) in [5.41, 5.74) is 8.36. The van der Waals surface area contributed by atoms with E-state index in [9.17, 15) is 9.59 Å². The summed E-state index contributed by atoms with van der Waals surface area (Å²) >= 11 is 0. The number of anilines is 1. The van der Waals surface area contributed by atoms with Crippen LogP contribution >= 0.6 is 12.4 Å². The third-order valence-electron chi connectivity index (χ3n) is 6.30. The molecule has 0 spiro atoms. The van der Waals surface area contributed by atoms with Crippen molar-refractivity contribution in [3.63, 3.8) is 0 Å². The first-order valence-corrected chi connectivity index (χ1v) is 9.80. The van der Waals surface area contributed by atoms with Gasteiger partial charge in [-0.05, 0) is 60.9 Å². The van der Waals surface area contributed by atoms with Crippen LogP contribution < -0.4 is 16.7 Å². The molecule has 0 saturated heterocycles. The van der Waals surface area contributed by atoms with E-state index in [1.54, 1.807) is 18.3 Å². The Hall–Kier alpha value is -2.64. The summed E-state index contributed by atoms with van der Waals surface area (Å²) in [5.74, 6) is 0.832. The molecular weight excluding hydrogens is 390 g/mol. The maximum absolute atomic E-state index is 12.8. The van der Waals surface area contributed by atoms with Gasteiger partial charge in [0.2, 0.25) is 5.91 Å². The van der Waals surface area contributed by atoms with Crippen molar-refractivity contribution < 1.29 is 4.79 Å². The number of halogens is 1. The van der Waals surface area contributed by atoms with E-state index in [1.165, 1.54) is 9.08 Å². The Bertz CT molecular complexity index is 1110. The molecule has 7 nitrogen and oxygen atoms in total. The summed E-state index contributed by atoms with van der Waals surface area (Å²) in [7, 11) is 0. The first kappa shape index (κ1) is 19.7. The molecule has 29 heavy (non-hydrogen) atoms. The predicted molar refractivity (Wildman–Crippen MR) is 113 cm³/mol. The number of pyridine rings is 1. The van der Waals surface area contributed by atoms with E-state index >= 15 is 0 Å². The molecule has 5 rings (SSSR count). The fourth-order valence-corrected chi connectivity index (χ4v) is 4.94. The van der Waals surface area contributed by atoms with Crippen LogP contribution in [-0.4, -0.2) is 26.1 Å². The van der Waals surface area contributed by atoms with Crippen molar-refractivity contribution in [3.8, 4) is 0 Å². The van der Waals surface area contributed by atoms with E-state index in [2.05, 4.69) is 10.4 Å². The van der Waals surface area contributed by atoms with Gasteiger partial charge in [0.1, 0.15) is 0 Å². The van der Waals surface area contributed by atoms with Gasteiger partial charge in [0.15, 0.2) is 5.65 Å². The fourth-order valence-electron chi connectivity index (χ4n) is 4.94. The monoisotopic (exact) mass is 413 g/mol. The minimum absolute atomic E-state index is 0. The first-order chi connectivity index (χ1) is 13.6. The number of carbonyl (C=O) groups excluding carboxylic acids is 1.